The van der Waals surface area contributed by atoms with E-state index in [9.17, 15) is 0 Å². The van der Waals surface area contributed by atoms with E-state index in [0.717, 1.165) is 12.4 Å². The summed E-state index contributed by atoms with van der Waals surface area (Å²) in [4.78, 5) is 0. The number of hydrogen-bond donors (Lipinski definition) is 2. The second kappa shape index (κ2) is 7.36. The van der Waals surface area contributed by atoms with E-state index >= 15 is 0 Å². The first-order valence-electron chi connectivity index (χ1n) is 7.13. The first-order chi connectivity index (χ1) is 9.28. The Morgan fingerprint density at radius 3 is 2.63 bits per heavy atom. The summed E-state index contributed by atoms with van der Waals surface area (Å²) in [6.07, 6.45) is 6.15. The highest BCUT2D eigenvalue weighted by Crippen LogP contribution is 2.26. The van der Waals surface area contributed by atoms with Crippen LogP contribution in [0.25, 0.3) is 0 Å². The molecular weight excluding hydrogens is 240 g/mol. The van der Waals surface area contributed by atoms with Gasteiger partial charge in [-0.1, -0.05) is 25.3 Å². The molecule has 1 fully saturated rings. The van der Waals surface area contributed by atoms with Crippen molar-refractivity contribution in [3.05, 3.63) is 24.3 Å². The number of nitrogens with two attached hydrogens (primary N) is 2. The van der Waals surface area contributed by atoms with Gasteiger partial charge in [0.15, 0.2) is 6.23 Å². The van der Waals surface area contributed by atoms with Crippen LogP contribution in [0.15, 0.2) is 24.3 Å². The Balaban J connectivity index is 1.84. The van der Waals surface area contributed by atoms with Crippen LogP contribution < -0.4 is 20.9 Å². The molecule has 0 aliphatic heterocycles. The molecule has 0 aromatic heterocycles. The molecule has 1 aromatic carbocycles. The van der Waals surface area contributed by atoms with Crippen molar-refractivity contribution in [1.29, 1.82) is 0 Å². The van der Waals surface area contributed by atoms with Crippen molar-refractivity contribution in [2.45, 2.75) is 38.3 Å². The van der Waals surface area contributed by atoms with Crippen molar-refractivity contribution in [2.75, 3.05) is 13.2 Å². The summed E-state index contributed by atoms with van der Waals surface area (Å²) in [6, 6.07) is 7.60. The standard InChI is InChI=1S/C15H24N2O2/c16-10-15(17)19-14-8-4-7-13(9-14)18-11-12-5-2-1-3-6-12/h4,7-9,12,15H,1-3,5-6,10-11,16-17H2/t15-/m0/s1. The van der Waals surface area contributed by atoms with E-state index < -0.39 is 6.23 Å². The van der Waals surface area contributed by atoms with E-state index in [1.54, 1.807) is 0 Å². The van der Waals surface area contributed by atoms with Crippen molar-refractivity contribution in [3.63, 3.8) is 0 Å². The van der Waals surface area contributed by atoms with Crippen LogP contribution in [0.1, 0.15) is 32.1 Å². The summed E-state index contributed by atoms with van der Waals surface area (Å²) < 4.78 is 11.3. The molecule has 0 amide bonds. The van der Waals surface area contributed by atoms with Crippen LogP contribution in [0.2, 0.25) is 0 Å². The lowest BCUT2D eigenvalue weighted by Crippen LogP contribution is -2.35. The first kappa shape index (κ1) is 14.2. The number of rotatable bonds is 6. The molecule has 0 bridgehead atoms. The van der Waals surface area contributed by atoms with Gasteiger partial charge in [-0.15, -0.1) is 0 Å². The minimum atomic E-state index is -0.464. The maximum atomic E-state index is 5.85. The number of benzene rings is 1. The fraction of sp³-hybridized carbons (Fsp3) is 0.600. The minimum absolute atomic E-state index is 0.299. The van der Waals surface area contributed by atoms with Gasteiger partial charge < -0.3 is 15.2 Å². The van der Waals surface area contributed by atoms with Gasteiger partial charge in [-0.3, -0.25) is 5.73 Å². The predicted octanol–water partition coefficient (Wildman–Crippen LogP) is 2.27. The summed E-state index contributed by atoms with van der Waals surface area (Å²) in [7, 11) is 0. The van der Waals surface area contributed by atoms with Gasteiger partial charge in [0.05, 0.1) is 6.61 Å². The number of ether oxygens (including phenoxy) is 2. The summed E-state index contributed by atoms with van der Waals surface area (Å²) in [5.41, 5.74) is 11.1. The second-order valence-electron chi connectivity index (χ2n) is 5.18. The summed E-state index contributed by atoms with van der Waals surface area (Å²) in [5.74, 6) is 2.25. The molecule has 106 valence electrons. The Kier molecular flexibility index (Phi) is 5.48. The van der Waals surface area contributed by atoms with Crippen LogP contribution in [-0.4, -0.2) is 19.4 Å². The molecule has 0 radical (unpaired) electrons. The summed E-state index contributed by atoms with van der Waals surface area (Å²) >= 11 is 0. The Labute approximate surface area is 115 Å². The van der Waals surface area contributed by atoms with E-state index in [2.05, 4.69) is 0 Å². The zero-order valence-corrected chi connectivity index (χ0v) is 11.4. The van der Waals surface area contributed by atoms with Crippen molar-refractivity contribution in [3.8, 4) is 11.5 Å². The molecule has 0 saturated heterocycles. The highest BCUT2D eigenvalue weighted by Gasteiger charge is 2.14. The molecule has 19 heavy (non-hydrogen) atoms. The molecule has 0 unspecified atom stereocenters. The van der Waals surface area contributed by atoms with E-state index in [-0.39, 0.29) is 0 Å². The average Bonchev–Trinajstić information content (AvgIpc) is 2.46. The smallest absolute Gasteiger partial charge is 0.160 e. The molecule has 0 heterocycles. The Morgan fingerprint density at radius 1 is 1.16 bits per heavy atom. The fourth-order valence-corrected chi connectivity index (χ4v) is 2.43. The third-order valence-corrected chi connectivity index (χ3v) is 3.54. The third-order valence-electron chi connectivity index (χ3n) is 3.54. The third kappa shape index (κ3) is 4.73. The monoisotopic (exact) mass is 264 g/mol. The van der Waals surface area contributed by atoms with Gasteiger partial charge in [0.25, 0.3) is 0 Å². The second-order valence-corrected chi connectivity index (χ2v) is 5.18. The van der Waals surface area contributed by atoms with Gasteiger partial charge in [0.2, 0.25) is 0 Å². The molecule has 0 spiro atoms. The quantitative estimate of drug-likeness (QED) is 0.773. The van der Waals surface area contributed by atoms with Crippen molar-refractivity contribution in [2.24, 2.45) is 17.4 Å². The highest BCUT2D eigenvalue weighted by molar-refractivity contribution is 5.33. The molecule has 1 aromatic rings. The molecule has 4 N–H and O–H groups in total. The largest absolute Gasteiger partial charge is 0.493 e. The van der Waals surface area contributed by atoms with Crippen LogP contribution in [0, 0.1) is 5.92 Å². The molecule has 1 atom stereocenters. The van der Waals surface area contributed by atoms with Crippen LogP contribution in [0.4, 0.5) is 0 Å². The van der Waals surface area contributed by atoms with Crippen molar-refractivity contribution >= 4 is 0 Å². The maximum absolute atomic E-state index is 5.85. The molecule has 1 aliphatic rings. The fourth-order valence-electron chi connectivity index (χ4n) is 2.43. The lowest BCUT2D eigenvalue weighted by molar-refractivity contribution is 0.202. The Bertz CT molecular complexity index is 378. The van der Waals surface area contributed by atoms with Gasteiger partial charge >= 0.3 is 0 Å². The van der Waals surface area contributed by atoms with Gasteiger partial charge in [-0.25, -0.2) is 0 Å². The highest BCUT2D eigenvalue weighted by atomic mass is 16.5. The molecule has 1 aliphatic carbocycles. The predicted molar refractivity (Wildman–Crippen MR) is 76.2 cm³/mol. The zero-order valence-electron chi connectivity index (χ0n) is 11.4. The van der Waals surface area contributed by atoms with Crippen LogP contribution in [-0.2, 0) is 0 Å². The van der Waals surface area contributed by atoms with Gasteiger partial charge in [-0.05, 0) is 30.9 Å². The van der Waals surface area contributed by atoms with Crippen molar-refractivity contribution < 1.29 is 9.47 Å². The Hall–Kier alpha value is -1.26. The normalized spacial score (nSPS) is 18.0. The molecular formula is C15H24N2O2. The van der Waals surface area contributed by atoms with E-state index in [0.29, 0.717) is 18.2 Å². The van der Waals surface area contributed by atoms with Crippen LogP contribution >= 0.6 is 0 Å². The van der Waals surface area contributed by atoms with Crippen molar-refractivity contribution in [1.82, 2.24) is 0 Å². The van der Waals surface area contributed by atoms with Gasteiger partial charge in [0, 0.05) is 12.6 Å². The van der Waals surface area contributed by atoms with E-state index in [1.165, 1.54) is 32.1 Å². The summed E-state index contributed by atoms with van der Waals surface area (Å²) in [5, 5.41) is 0. The zero-order chi connectivity index (χ0) is 13.5. The van der Waals surface area contributed by atoms with Crippen LogP contribution in [0.3, 0.4) is 0 Å². The van der Waals surface area contributed by atoms with Crippen LogP contribution in [0.5, 0.6) is 11.5 Å². The molecule has 2 rings (SSSR count). The lowest BCUT2D eigenvalue weighted by atomic mass is 9.90. The Morgan fingerprint density at radius 2 is 1.89 bits per heavy atom. The van der Waals surface area contributed by atoms with Gasteiger partial charge in [-0.2, -0.15) is 0 Å². The van der Waals surface area contributed by atoms with E-state index in [4.69, 9.17) is 20.9 Å². The summed E-state index contributed by atoms with van der Waals surface area (Å²) in [6.45, 7) is 1.10. The lowest BCUT2D eigenvalue weighted by Gasteiger charge is -2.21. The SMILES string of the molecule is NC[C@@H](N)Oc1cccc(OCC2CCCCC2)c1. The molecule has 1 saturated carbocycles. The van der Waals surface area contributed by atoms with E-state index in [1.807, 2.05) is 24.3 Å². The topological polar surface area (TPSA) is 70.5 Å². The maximum Gasteiger partial charge on any atom is 0.160 e. The minimum Gasteiger partial charge on any atom is -0.493 e. The van der Waals surface area contributed by atoms with Gasteiger partial charge in [0.1, 0.15) is 11.5 Å². The molecule has 4 nitrogen and oxygen atoms in total. The average molecular weight is 264 g/mol. The molecule has 4 heteroatoms. The number of hydrogen-bond acceptors (Lipinski definition) is 4. The first-order valence-corrected chi connectivity index (χ1v) is 7.13.